The highest BCUT2D eigenvalue weighted by Gasteiger charge is 2.11. The predicted molar refractivity (Wildman–Crippen MR) is 70.5 cm³/mol. The zero-order valence-corrected chi connectivity index (χ0v) is 11.1. The first-order chi connectivity index (χ1) is 8.56. The maximum atomic E-state index is 11.8. The molecule has 2 rings (SSSR count). The molecule has 0 amide bonds. The van der Waals surface area contributed by atoms with Gasteiger partial charge in [-0.2, -0.15) is 5.10 Å². The maximum Gasteiger partial charge on any atom is 0.166 e. The fraction of sp³-hybridized carbons (Fsp3) is 0.429. The van der Waals surface area contributed by atoms with E-state index in [1.54, 1.807) is 4.68 Å². The minimum atomic E-state index is 0.0548. The van der Waals surface area contributed by atoms with Crippen LogP contribution in [0.3, 0.4) is 0 Å². The second kappa shape index (κ2) is 5.21. The lowest BCUT2D eigenvalue weighted by Gasteiger charge is -2.02. The highest BCUT2D eigenvalue weighted by atomic mass is 16.1. The molecule has 0 spiro atoms. The number of ketones is 1. The molecule has 4 heteroatoms. The fourth-order valence-corrected chi connectivity index (χ4v) is 1.92. The number of nitrogens with zero attached hydrogens (tertiary/aromatic N) is 3. The fourth-order valence-electron chi connectivity index (χ4n) is 1.92. The second-order valence-electron chi connectivity index (χ2n) is 4.93. The molecule has 2 aromatic heterocycles. The van der Waals surface area contributed by atoms with E-state index in [9.17, 15) is 4.79 Å². The van der Waals surface area contributed by atoms with Crippen LogP contribution in [0.5, 0.6) is 0 Å². The summed E-state index contributed by atoms with van der Waals surface area (Å²) < 4.78 is 3.86. The van der Waals surface area contributed by atoms with Crippen molar-refractivity contribution in [1.82, 2.24) is 14.3 Å². The molecule has 2 heterocycles. The SMILES string of the molecule is CC(C)C(=O)c1ccn(CCc2cnn(C)c2)c1. The number of rotatable bonds is 5. The van der Waals surface area contributed by atoms with Crippen LogP contribution in [0.1, 0.15) is 29.8 Å². The molecular weight excluding hydrogens is 226 g/mol. The van der Waals surface area contributed by atoms with E-state index in [2.05, 4.69) is 9.67 Å². The van der Waals surface area contributed by atoms with Crippen molar-refractivity contribution in [3.63, 3.8) is 0 Å². The molecule has 0 unspecified atom stereocenters. The standard InChI is InChI=1S/C14H19N3O/c1-11(2)14(18)13-5-7-17(10-13)6-4-12-8-15-16(3)9-12/h5,7-11H,4,6H2,1-3H3. The lowest BCUT2D eigenvalue weighted by molar-refractivity contribution is 0.0939. The first-order valence-corrected chi connectivity index (χ1v) is 6.24. The normalized spacial score (nSPS) is 11.1. The number of aromatic nitrogens is 3. The van der Waals surface area contributed by atoms with E-state index < -0.39 is 0 Å². The highest BCUT2D eigenvalue weighted by molar-refractivity contribution is 5.97. The molecule has 0 fully saturated rings. The van der Waals surface area contributed by atoms with Crippen LogP contribution in [0.15, 0.2) is 30.9 Å². The lowest BCUT2D eigenvalue weighted by atomic mass is 10.0. The van der Waals surface area contributed by atoms with Gasteiger partial charge in [0, 0.05) is 43.7 Å². The van der Waals surface area contributed by atoms with Crippen LogP contribution in [0, 0.1) is 5.92 Å². The van der Waals surface area contributed by atoms with E-state index in [1.165, 1.54) is 5.56 Å². The van der Waals surface area contributed by atoms with Crippen molar-refractivity contribution in [3.05, 3.63) is 42.0 Å². The molecule has 0 aliphatic carbocycles. The summed E-state index contributed by atoms with van der Waals surface area (Å²) in [5.74, 6) is 0.259. The summed E-state index contributed by atoms with van der Waals surface area (Å²) >= 11 is 0. The van der Waals surface area contributed by atoms with Crippen LogP contribution in [0.2, 0.25) is 0 Å². The van der Waals surface area contributed by atoms with Crippen molar-refractivity contribution >= 4 is 5.78 Å². The topological polar surface area (TPSA) is 39.8 Å². The predicted octanol–water partition coefficient (Wildman–Crippen LogP) is 2.30. The molecule has 0 N–H and O–H groups in total. The summed E-state index contributed by atoms with van der Waals surface area (Å²) in [5, 5.41) is 4.14. The van der Waals surface area contributed by atoms with Gasteiger partial charge in [-0.05, 0) is 18.1 Å². The molecule has 0 saturated heterocycles. The average Bonchev–Trinajstić information content (AvgIpc) is 2.94. The Bertz CT molecular complexity index is 537. The van der Waals surface area contributed by atoms with Gasteiger partial charge in [0.2, 0.25) is 0 Å². The minimum absolute atomic E-state index is 0.0548. The number of Topliss-reactive ketones (excluding diaryl/α,β-unsaturated/α-hetero) is 1. The summed E-state index contributed by atoms with van der Waals surface area (Å²) in [7, 11) is 1.92. The van der Waals surface area contributed by atoms with Gasteiger partial charge in [-0.25, -0.2) is 0 Å². The van der Waals surface area contributed by atoms with Gasteiger partial charge in [-0.1, -0.05) is 13.8 Å². The van der Waals surface area contributed by atoms with Gasteiger partial charge < -0.3 is 4.57 Å². The number of hydrogen-bond donors (Lipinski definition) is 0. The van der Waals surface area contributed by atoms with Crippen LogP contribution in [0.4, 0.5) is 0 Å². The Morgan fingerprint density at radius 3 is 2.78 bits per heavy atom. The molecule has 0 aliphatic heterocycles. The van der Waals surface area contributed by atoms with E-state index in [0.29, 0.717) is 0 Å². The molecule has 0 atom stereocenters. The zero-order chi connectivity index (χ0) is 13.1. The Hall–Kier alpha value is -1.84. The van der Waals surface area contributed by atoms with Crippen LogP contribution >= 0.6 is 0 Å². The molecule has 2 aromatic rings. The molecule has 96 valence electrons. The van der Waals surface area contributed by atoms with Crippen molar-refractivity contribution in [3.8, 4) is 0 Å². The van der Waals surface area contributed by atoms with Crippen molar-refractivity contribution in [2.24, 2.45) is 13.0 Å². The average molecular weight is 245 g/mol. The quantitative estimate of drug-likeness (QED) is 0.758. The summed E-state index contributed by atoms with van der Waals surface area (Å²) in [6.45, 7) is 4.72. The summed E-state index contributed by atoms with van der Waals surface area (Å²) in [6.07, 6.45) is 8.72. The summed E-state index contributed by atoms with van der Waals surface area (Å²) in [5.41, 5.74) is 2.01. The third kappa shape index (κ3) is 2.88. The van der Waals surface area contributed by atoms with Crippen molar-refractivity contribution in [2.75, 3.05) is 0 Å². The molecule has 0 saturated carbocycles. The summed E-state index contributed by atoms with van der Waals surface area (Å²) in [6, 6.07) is 1.89. The monoisotopic (exact) mass is 245 g/mol. The molecule has 0 radical (unpaired) electrons. The number of aryl methyl sites for hydroxylation is 3. The van der Waals surface area contributed by atoms with Gasteiger partial charge >= 0.3 is 0 Å². The molecule has 0 aromatic carbocycles. The highest BCUT2D eigenvalue weighted by Crippen LogP contribution is 2.10. The molecular formula is C14H19N3O. The van der Waals surface area contributed by atoms with Crippen molar-refractivity contribution in [2.45, 2.75) is 26.8 Å². The van der Waals surface area contributed by atoms with Gasteiger partial charge in [-0.15, -0.1) is 0 Å². The van der Waals surface area contributed by atoms with E-state index in [0.717, 1.165) is 18.5 Å². The molecule has 0 bridgehead atoms. The van der Waals surface area contributed by atoms with Gasteiger partial charge in [0.05, 0.1) is 6.20 Å². The third-order valence-corrected chi connectivity index (χ3v) is 2.98. The van der Waals surface area contributed by atoms with Gasteiger partial charge in [0.1, 0.15) is 0 Å². The number of carbonyl (C=O) groups excluding carboxylic acids is 1. The van der Waals surface area contributed by atoms with Crippen LogP contribution in [0.25, 0.3) is 0 Å². The second-order valence-corrected chi connectivity index (χ2v) is 4.93. The Morgan fingerprint density at radius 1 is 1.39 bits per heavy atom. The Kier molecular flexibility index (Phi) is 3.65. The first kappa shape index (κ1) is 12.6. The molecule has 4 nitrogen and oxygen atoms in total. The smallest absolute Gasteiger partial charge is 0.166 e. The molecule has 18 heavy (non-hydrogen) atoms. The Morgan fingerprint density at radius 2 is 2.17 bits per heavy atom. The van der Waals surface area contributed by atoms with Gasteiger partial charge in [-0.3, -0.25) is 9.48 Å². The summed E-state index contributed by atoms with van der Waals surface area (Å²) in [4.78, 5) is 11.8. The number of carbonyl (C=O) groups is 1. The van der Waals surface area contributed by atoms with Crippen molar-refractivity contribution in [1.29, 1.82) is 0 Å². The van der Waals surface area contributed by atoms with E-state index in [-0.39, 0.29) is 11.7 Å². The number of hydrogen-bond acceptors (Lipinski definition) is 2. The first-order valence-electron chi connectivity index (χ1n) is 6.24. The van der Waals surface area contributed by atoms with Gasteiger partial charge in [0.15, 0.2) is 5.78 Å². The maximum absolute atomic E-state index is 11.8. The minimum Gasteiger partial charge on any atom is -0.353 e. The van der Waals surface area contributed by atoms with E-state index >= 15 is 0 Å². The van der Waals surface area contributed by atoms with Crippen LogP contribution in [-0.4, -0.2) is 20.1 Å². The Balaban J connectivity index is 1.97. The largest absolute Gasteiger partial charge is 0.353 e. The Labute approximate surface area is 107 Å². The van der Waals surface area contributed by atoms with Crippen molar-refractivity contribution < 1.29 is 4.79 Å². The lowest BCUT2D eigenvalue weighted by Crippen LogP contribution is -2.06. The van der Waals surface area contributed by atoms with E-state index in [4.69, 9.17) is 0 Å². The van der Waals surface area contributed by atoms with Crippen LogP contribution in [-0.2, 0) is 20.0 Å². The van der Waals surface area contributed by atoms with E-state index in [1.807, 2.05) is 51.7 Å². The third-order valence-electron chi connectivity index (χ3n) is 2.98. The zero-order valence-electron chi connectivity index (χ0n) is 11.1. The molecule has 0 aliphatic rings. The van der Waals surface area contributed by atoms with Crippen LogP contribution < -0.4 is 0 Å². The van der Waals surface area contributed by atoms with Gasteiger partial charge in [0.25, 0.3) is 0 Å².